The van der Waals surface area contributed by atoms with Crippen molar-refractivity contribution >= 4 is 16.3 Å². The van der Waals surface area contributed by atoms with E-state index >= 15 is 0 Å². The molecule has 3 heterocycles. The highest BCUT2D eigenvalue weighted by Crippen LogP contribution is 2.41. The summed E-state index contributed by atoms with van der Waals surface area (Å²) in [5.74, 6) is 0.568. The first-order valence-corrected chi connectivity index (χ1v) is 9.06. The van der Waals surface area contributed by atoms with Crippen molar-refractivity contribution < 1.29 is 9.50 Å². The maximum absolute atomic E-state index is 13.8. The van der Waals surface area contributed by atoms with E-state index in [-0.39, 0.29) is 17.7 Å². The molecule has 1 saturated heterocycles. The zero-order chi connectivity index (χ0) is 16.7. The molecule has 0 bridgehead atoms. The number of hydrogen-bond donors (Lipinski definition) is 1. The van der Waals surface area contributed by atoms with Gasteiger partial charge in [-0.05, 0) is 43.6 Å². The Morgan fingerprint density at radius 1 is 1.33 bits per heavy atom. The van der Waals surface area contributed by atoms with Crippen molar-refractivity contribution in [3.05, 3.63) is 46.3 Å². The van der Waals surface area contributed by atoms with Crippen molar-refractivity contribution in [3.8, 4) is 5.88 Å². The van der Waals surface area contributed by atoms with Gasteiger partial charge in [0, 0.05) is 6.42 Å². The number of nitrogens with zero attached hydrogens (tertiary/aromatic N) is 4. The maximum atomic E-state index is 13.8. The van der Waals surface area contributed by atoms with Crippen molar-refractivity contribution in [2.75, 3.05) is 13.1 Å². The van der Waals surface area contributed by atoms with Crippen LogP contribution in [0.25, 0.3) is 4.96 Å². The van der Waals surface area contributed by atoms with Crippen LogP contribution in [-0.4, -0.2) is 37.7 Å². The van der Waals surface area contributed by atoms with Gasteiger partial charge in [0.2, 0.25) is 10.8 Å². The van der Waals surface area contributed by atoms with Gasteiger partial charge in [0.25, 0.3) is 0 Å². The minimum absolute atomic E-state index is 0.114. The number of fused-ring (bicyclic) bond motifs is 1. The third-order valence-electron chi connectivity index (χ3n) is 4.48. The van der Waals surface area contributed by atoms with Gasteiger partial charge < -0.3 is 5.11 Å². The fourth-order valence-electron chi connectivity index (χ4n) is 3.32. The van der Waals surface area contributed by atoms with E-state index in [4.69, 9.17) is 0 Å². The quantitative estimate of drug-likeness (QED) is 0.787. The van der Waals surface area contributed by atoms with Gasteiger partial charge in [0.05, 0.1) is 10.9 Å². The summed E-state index contributed by atoms with van der Waals surface area (Å²) in [4.78, 5) is 8.20. The number of benzene rings is 1. The highest BCUT2D eigenvalue weighted by molar-refractivity contribution is 7.17. The molecule has 0 unspecified atom stereocenters. The van der Waals surface area contributed by atoms with E-state index in [2.05, 4.69) is 15.0 Å². The molecule has 0 amide bonds. The van der Waals surface area contributed by atoms with Crippen LogP contribution in [0.4, 0.5) is 4.39 Å². The molecule has 2 aromatic heterocycles. The molecule has 126 valence electrons. The first kappa shape index (κ1) is 15.5. The lowest BCUT2D eigenvalue weighted by Gasteiger charge is -2.27. The van der Waals surface area contributed by atoms with Crippen LogP contribution in [0.2, 0.25) is 0 Å². The Kier molecular flexibility index (Phi) is 3.97. The predicted molar refractivity (Wildman–Crippen MR) is 91.0 cm³/mol. The summed E-state index contributed by atoms with van der Waals surface area (Å²) >= 11 is 1.43. The second kappa shape index (κ2) is 6.14. The molecule has 3 aromatic rings. The molecule has 4 rings (SSSR count). The third-order valence-corrected chi connectivity index (χ3v) is 5.55. The van der Waals surface area contributed by atoms with Gasteiger partial charge in [-0.2, -0.15) is 4.52 Å². The number of halogens is 1. The largest absolute Gasteiger partial charge is 0.492 e. The molecule has 7 heteroatoms. The van der Waals surface area contributed by atoms with E-state index in [9.17, 15) is 9.50 Å². The highest BCUT2D eigenvalue weighted by atomic mass is 32.1. The number of aromatic hydroxyl groups is 1. The first-order valence-electron chi connectivity index (χ1n) is 8.24. The van der Waals surface area contributed by atoms with E-state index < -0.39 is 0 Å². The summed E-state index contributed by atoms with van der Waals surface area (Å²) in [6, 6.07) is 6.47. The monoisotopic (exact) mass is 346 g/mol. The fraction of sp³-hybridized carbons (Fsp3) is 0.412. The third kappa shape index (κ3) is 2.57. The zero-order valence-electron chi connectivity index (χ0n) is 13.4. The second-order valence-electron chi connectivity index (χ2n) is 6.07. The zero-order valence-corrected chi connectivity index (χ0v) is 14.3. The van der Waals surface area contributed by atoms with Crippen molar-refractivity contribution in [2.45, 2.75) is 32.2 Å². The first-order chi connectivity index (χ1) is 11.7. The van der Waals surface area contributed by atoms with Crippen LogP contribution in [0.15, 0.2) is 24.3 Å². The summed E-state index contributed by atoms with van der Waals surface area (Å²) in [6.45, 7) is 3.86. The lowest BCUT2D eigenvalue weighted by molar-refractivity contribution is 0.276. The molecule has 0 aliphatic carbocycles. The van der Waals surface area contributed by atoms with E-state index in [0.29, 0.717) is 10.8 Å². The van der Waals surface area contributed by atoms with Crippen molar-refractivity contribution in [1.29, 1.82) is 0 Å². The molecule has 1 aromatic carbocycles. The molecule has 1 aliphatic rings. The molecule has 0 radical (unpaired) electrons. The minimum Gasteiger partial charge on any atom is -0.492 e. The second-order valence-corrected chi connectivity index (χ2v) is 7.08. The van der Waals surface area contributed by atoms with Gasteiger partial charge in [-0.1, -0.05) is 30.4 Å². The molecular formula is C17H19FN4OS. The van der Waals surface area contributed by atoms with Gasteiger partial charge >= 0.3 is 0 Å². The summed E-state index contributed by atoms with van der Waals surface area (Å²) in [7, 11) is 0. The number of aryl methyl sites for hydroxylation is 1. The Morgan fingerprint density at radius 3 is 2.79 bits per heavy atom. The molecule has 0 saturated carbocycles. The number of thiazole rings is 1. The highest BCUT2D eigenvalue weighted by Gasteiger charge is 2.31. The lowest BCUT2D eigenvalue weighted by Crippen LogP contribution is -2.26. The van der Waals surface area contributed by atoms with Gasteiger partial charge in [0.15, 0.2) is 5.82 Å². The maximum Gasteiger partial charge on any atom is 0.230 e. The minimum atomic E-state index is -0.260. The van der Waals surface area contributed by atoms with Gasteiger partial charge in [-0.3, -0.25) is 4.90 Å². The Balaban J connectivity index is 1.83. The number of hydrogen-bond acceptors (Lipinski definition) is 5. The van der Waals surface area contributed by atoms with Crippen LogP contribution in [0.3, 0.4) is 0 Å². The van der Waals surface area contributed by atoms with Gasteiger partial charge in [-0.25, -0.2) is 9.37 Å². The Morgan fingerprint density at radius 2 is 2.12 bits per heavy atom. The number of aromatic nitrogens is 3. The lowest BCUT2D eigenvalue weighted by atomic mass is 10.0. The van der Waals surface area contributed by atoms with Crippen LogP contribution < -0.4 is 0 Å². The van der Waals surface area contributed by atoms with E-state index in [0.717, 1.165) is 42.8 Å². The standard InChI is InChI=1S/C17H19FN4OS/c1-2-13-19-17-22(20-13)16(23)15(24-17)14(21-8-3-4-9-21)11-6-5-7-12(18)10-11/h5-7,10,14,23H,2-4,8-9H2,1H3/t14-/m0/s1. The Labute approximate surface area is 143 Å². The SMILES string of the molecule is CCc1nc2sc([C@H](c3cccc(F)c3)N3CCCC3)c(O)n2n1. The Bertz CT molecular complexity index is 869. The van der Waals surface area contributed by atoms with Crippen LogP contribution in [0.5, 0.6) is 5.88 Å². The fourth-order valence-corrected chi connectivity index (χ4v) is 4.46. The van der Waals surface area contributed by atoms with E-state index in [1.54, 1.807) is 12.1 Å². The smallest absolute Gasteiger partial charge is 0.230 e. The Hall–Kier alpha value is -1.99. The average molecular weight is 346 g/mol. The molecule has 1 N–H and O–H groups in total. The van der Waals surface area contributed by atoms with E-state index in [1.165, 1.54) is 21.9 Å². The number of likely N-dealkylation sites (tertiary alicyclic amines) is 1. The van der Waals surface area contributed by atoms with Crippen molar-refractivity contribution in [2.24, 2.45) is 0 Å². The molecule has 0 spiro atoms. The van der Waals surface area contributed by atoms with Crippen LogP contribution in [0.1, 0.15) is 42.1 Å². The predicted octanol–water partition coefficient (Wildman–Crippen LogP) is 3.38. The van der Waals surface area contributed by atoms with Crippen LogP contribution in [-0.2, 0) is 6.42 Å². The molecule has 1 aliphatic heterocycles. The van der Waals surface area contributed by atoms with Crippen molar-refractivity contribution in [3.63, 3.8) is 0 Å². The normalized spacial score (nSPS) is 16.9. The van der Waals surface area contributed by atoms with Crippen molar-refractivity contribution in [1.82, 2.24) is 19.5 Å². The van der Waals surface area contributed by atoms with Gasteiger partial charge in [-0.15, -0.1) is 5.10 Å². The summed E-state index contributed by atoms with van der Waals surface area (Å²) in [5, 5.41) is 15.1. The topological polar surface area (TPSA) is 53.7 Å². The number of rotatable bonds is 4. The molecular weight excluding hydrogens is 327 g/mol. The van der Waals surface area contributed by atoms with E-state index in [1.807, 2.05) is 13.0 Å². The summed E-state index contributed by atoms with van der Waals surface area (Å²) in [6.07, 6.45) is 2.96. The molecule has 5 nitrogen and oxygen atoms in total. The summed E-state index contributed by atoms with van der Waals surface area (Å²) < 4.78 is 15.3. The summed E-state index contributed by atoms with van der Waals surface area (Å²) in [5.41, 5.74) is 0.854. The molecule has 24 heavy (non-hydrogen) atoms. The van der Waals surface area contributed by atoms with Gasteiger partial charge in [0.1, 0.15) is 5.82 Å². The molecule has 1 atom stereocenters. The average Bonchev–Trinajstić information content (AvgIpc) is 3.28. The van der Waals surface area contributed by atoms with Crippen LogP contribution in [0, 0.1) is 5.82 Å². The molecule has 1 fully saturated rings. The van der Waals surface area contributed by atoms with Crippen LogP contribution >= 0.6 is 11.3 Å².